The Bertz CT molecular complexity index is 337. The fourth-order valence-corrected chi connectivity index (χ4v) is 2.20. The first kappa shape index (κ1) is 10.2. The summed E-state index contributed by atoms with van der Waals surface area (Å²) in [5, 5.41) is 12.4. The van der Waals surface area contributed by atoms with Crippen molar-refractivity contribution in [2.75, 3.05) is 13.1 Å². The highest BCUT2D eigenvalue weighted by Crippen LogP contribution is 2.29. The lowest BCUT2D eigenvalue weighted by atomic mass is 9.81. The first-order chi connectivity index (χ1) is 7.29. The van der Waals surface area contributed by atoms with Crippen LogP contribution in [0.4, 0.5) is 0 Å². The molecule has 3 heteroatoms. The predicted molar refractivity (Wildman–Crippen MR) is 57.8 cm³/mol. The van der Waals surface area contributed by atoms with E-state index in [0.29, 0.717) is 0 Å². The van der Waals surface area contributed by atoms with Gasteiger partial charge >= 0.3 is 5.97 Å². The summed E-state index contributed by atoms with van der Waals surface area (Å²) in [6.07, 6.45) is 0.717. The van der Waals surface area contributed by atoms with E-state index in [1.807, 2.05) is 30.3 Å². The molecule has 1 fully saturated rings. The number of nitrogens with one attached hydrogen (secondary N) is 1. The topological polar surface area (TPSA) is 49.3 Å². The Morgan fingerprint density at radius 1 is 1.33 bits per heavy atom. The van der Waals surface area contributed by atoms with Crippen LogP contribution in [-0.4, -0.2) is 24.2 Å². The highest BCUT2D eigenvalue weighted by molar-refractivity contribution is 5.71. The molecular formula is C12H15NO2. The summed E-state index contributed by atoms with van der Waals surface area (Å²) < 4.78 is 0. The van der Waals surface area contributed by atoms with Crippen LogP contribution in [0.3, 0.4) is 0 Å². The van der Waals surface area contributed by atoms with E-state index in [1.165, 1.54) is 0 Å². The first-order valence-corrected chi connectivity index (χ1v) is 5.27. The molecule has 2 rings (SSSR count). The van der Waals surface area contributed by atoms with Crippen LogP contribution < -0.4 is 5.32 Å². The molecule has 0 bridgehead atoms. The Morgan fingerprint density at radius 3 is 2.73 bits per heavy atom. The number of piperidine rings is 1. The molecule has 1 aromatic rings. The summed E-state index contributed by atoms with van der Waals surface area (Å²) in [5.41, 5.74) is 1.12. The molecule has 0 spiro atoms. The van der Waals surface area contributed by atoms with Crippen molar-refractivity contribution in [1.29, 1.82) is 0 Å². The van der Waals surface area contributed by atoms with Gasteiger partial charge in [0.05, 0.1) is 5.92 Å². The monoisotopic (exact) mass is 205 g/mol. The van der Waals surface area contributed by atoms with Crippen LogP contribution in [0.5, 0.6) is 0 Å². The van der Waals surface area contributed by atoms with Gasteiger partial charge in [0.25, 0.3) is 0 Å². The van der Waals surface area contributed by atoms with Gasteiger partial charge < -0.3 is 10.4 Å². The SMILES string of the molecule is O=C(O)[C@H]1CCNC[C@@H]1c1ccccc1. The fraction of sp³-hybridized carbons (Fsp3) is 0.417. The van der Waals surface area contributed by atoms with E-state index in [1.54, 1.807) is 0 Å². The number of carboxylic acid groups (broad SMARTS) is 1. The zero-order valence-corrected chi connectivity index (χ0v) is 8.52. The summed E-state index contributed by atoms with van der Waals surface area (Å²) in [7, 11) is 0. The van der Waals surface area contributed by atoms with Gasteiger partial charge in [0.2, 0.25) is 0 Å². The van der Waals surface area contributed by atoms with Crippen molar-refractivity contribution in [2.45, 2.75) is 12.3 Å². The summed E-state index contributed by atoms with van der Waals surface area (Å²) in [6.45, 7) is 1.57. The average molecular weight is 205 g/mol. The largest absolute Gasteiger partial charge is 0.481 e. The Hall–Kier alpha value is -1.35. The maximum atomic E-state index is 11.1. The molecule has 1 aromatic carbocycles. The molecule has 0 unspecified atom stereocenters. The van der Waals surface area contributed by atoms with Crippen molar-refractivity contribution in [3.63, 3.8) is 0 Å². The molecule has 0 saturated carbocycles. The molecular weight excluding hydrogens is 190 g/mol. The van der Waals surface area contributed by atoms with Gasteiger partial charge in [-0.1, -0.05) is 30.3 Å². The van der Waals surface area contributed by atoms with Crippen molar-refractivity contribution in [2.24, 2.45) is 5.92 Å². The third kappa shape index (κ3) is 2.18. The van der Waals surface area contributed by atoms with Gasteiger partial charge in [-0.2, -0.15) is 0 Å². The number of carboxylic acids is 1. The molecule has 15 heavy (non-hydrogen) atoms. The highest BCUT2D eigenvalue weighted by atomic mass is 16.4. The Labute approximate surface area is 89.1 Å². The van der Waals surface area contributed by atoms with Gasteiger partial charge in [-0.15, -0.1) is 0 Å². The third-order valence-electron chi connectivity index (χ3n) is 3.03. The number of benzene rings is 1. The number of carbonyl (C=O) groups is 1. The molecule has 3 nitrogen and oxygen atoms in total. The van der Waals surface area contributed by atoms with Crippen molar-refractivity contribution < 1.29 is 9.90 Å². The second-order valence-corrected chi connectivity index (χ2v) is 3.95. The van der Waals surface area contributed by atoms with E-state index in [4.69, 9.17) is 5.11 Å². The van der Waals surface area contributed by atoms with Crippen LogP contribution in [0.25, 0.3) is 0 Å². The molecule has 2 N–H and O–H groups in total. The maximum absolute atomic E-state index is 11.1. The quantitative estimate of drug-likeness (QED) is 0.768. The normalized spacial score (nSPS) is 26.1. The smallest absolute Gasteiger partial charge is 0.307 e. The van der Waals surface area contributed by atoms with Crippen LogP contribution in [0.2, 0.25) is 0 Å². The standard InChI is InChI=1S/C12H15NO2/c14-12(15)10-6-7-13-8-11(10)9-4-2-1-3-5-9/h1-5,10-11,13H,6-8H2,(H,14,15)/t10-,11+/m0/s1. The van der Waals surface area contributed by atoms with E-state index >= 15 is 0 Å². The van der Waals surface area contributed by atoms with E-state index in [-0.39, 0.29) is 11.8 Å². The van der Waals surface area contributed by atoms with Gasteiger partial charge in [0, 0.05) is 12.5 Å². The zero-order valence-electron chi connectivity index (χ0n) is 8.52. The van der Waals surface area contributed by atoms with Crippen LogP contribution in [0.1, 0.15) is 17.9 Å². The highest BCUT2D eigenvalue weighted by Gasteiger charge is 2.31. The average Bonchev–Trinajstić information content (AvgIpc) is 2.30. The molecule has 1 aliphatic heterocycles. The minimum Gasteiger partial charge on any atom is -0.481 e. The van der Waals surface area contributed by atoms with Crippen LogP contribution in [0, 0.1) is 5.92 Å². The van der Waals surface area contributed by atoms with E-state index < -0.39 is 5.97 Å². The third-order valence-corrected chi connectivity index (χ3v) is 3.03. The molecule has 1 saturated heterocycles. The first-order valence-electron chi connectivity index (χ1n) is 5.27. The van der Waals surface area contributed by atoms with Gasteiger partial charge in [0.15, 0.2) is 0 Å². The van der Waals surface area contributed by atoms with Gasteiger partial charge in [-0.3, -0.25) is 4.79 Å². The number of hydrogen-bond donors (Lipinski definition) is 2. The van der Waals surface area contributed by atoms with E-state index in [2.05, 4.69) is 5.32 Å². The summed E-state index contributed by atoms with van der Waals surface area (Å²) in [4.78, 5) is 11.1. The van der Waals surface area contributed by atoms with Gasteiger partial charge in [-0.05, 0) is 18.5 Å². The fourth-order valence-electron chi connectivity index (χ4n) is 2.20. The molecule has 0 aliphatic carbocycles. The second-order valence-electron chi connectivity index (χ2n) is 3.95. The maximum Gasteiger partial charge on any atom is 0.307 e. The molecule has 80 valence electrons. The molecule has 2 atom stereocenters. The van der Waals surface area contributed by atoms with Crippen LogP contribution >= 0.6 is 0 Å². The van der Waals surface area contributed by atoms with E-state index in [9.17, 15) is 4.79 Å². The summed E-state index contributed by atoms with van der Waals surface area (Å²) in [6, 6.07) is 9.89. The Kier molecular flexibility index (Phi) is 3.02. The number of hydrogen-bond acceptors (Lipinski definition) is 2. The predicted octanol–water partition coefficient (Wildman–Crippen LogP) is 1.46. The minimum absolute atomic E-state index is 0.109. The van der Waals surface area contributed by atoms with Crippen molar-refractivity contribution in [1.82, 2.24) is 5.32 Å². The lowest BCUT2D eigenvalue weighted by Crippen LogP contribution is -2.38. The number of rotatable bonds is 2. The molecule has 1 aliphatic rings. The summed E-state index contributed by atoms with van der Waals surface area (Å²) in [5.74, 6) is -0.809. The molecule has 0 aromatic heterocycles. The van der Waals surface area contributed by atoms with Crippen LogP contribution in [0.15, 0.2) is 30.3 Å². The zero-order chi connectivity index (χ0) is 10.7. The Morgan fingerprint density at radius 2 is 2.07 bits per heavy atom. The molecule has 1 heterocycles. The van der Waals surface area contributed by atoms with Crippen molar-refractivity contribution >= 4 is 5.97 Å². The van der Waals surface area contributed by atoms with Crippen LogP contribution in [-0.2, 0) is 4.79 Å². The van der Waals surface area contributed by atoms with E-state index in [0.717, 1.165) is 25.1 Å². The lowest BCUT2D eigenvalue weighted by Gasteiger charge is -2.29. The molecule has 0 radical (unpaired) electrons. The lowest BCUT2D eigenvalue weighted by molar-refractivity contribution is -0.143. The molecule has 0 amide bonds. The summed E-state index contributed by atoms with van der Waals surface area (Å²) >= 11 is 0. The van der Waals surface area contributed by atoms with Gasteiger partial charge in [0.1, 0.15) is 0 Å². The Balaban J connectivity index is 2.22. The van der Waals surface area contributed by atoms with Gasteiger partial charge in [-0.25, -0.2) is 0 Å². The van der Waals surface area contributed by atoms with Crippen molar-refractivity contribution in [3.05, 3.63) is 35.9 Å². The second kappa shape index (κ2) is 4.45. The van der Waals surface area contributed by atoms with Crippen molar-refractivity contribution in [3.8, 4) is 0 Å². The minimum atomic E-state index is -0.676. The number of aliphatic carboxylic acids is 1.